The molecular formula is C27H21ClN4O5S2. The Kier molecular flexibility index (Phi) is 7.56. The third kappa shape index (κ3) is 5.60. The van der Waals surface area contributed by atoms with Crippen LogP contribution in [0.2, 0.25) is 5.02 Å². The van der Waals surface area contributed by atoms with E-state index in [9.17, 15) is 18.0 Å². The number of anilines is 2. The number of thioether (sulfide) groups is 1. The molecule has 0 unspecified atom stereocenters. The fourth-order valence-corrected chi connectivity index (χ4v) is 6.37. The Labute approximate surface area is 234 Å². The number of ether oxygens (including phenoxy) is 1. The fraction of sp³-hybridized carbons (Fsp3) is 0.111. The van der Waals surface area contributed by atoms with E-state index >= 15 is 0 Å². The topological polar surface area (TPSA) is 119 Å². The number of hydrogen-bond acceptors (Lipinski definition) is 8. The molecule has 1 aliphatic heterocycles. The van der Waals surface area contributed by atoms with Gasteiger partial charge in [0.05, 0.1) is 42.5 Å². The summed E-state index contributed by atoms with van der Waals surface area (Å²) in [6.45, 7) is 0.133. The number of hydrogen-bond donors (Lipinski definition) is 1. The van der Waals surface area contributed by atoms with Gasteiger partial charge < -0.3 is 10.1 Å². The molecule has 0 saturated heterocycles. The Morgan fingerprint density at radius 2 is 1.79 bits per heavy atom. The molecule has 0 fully saturated rings. The average Bonchev–Trinajstić information content (AvgIpc) is 2.95. The number of amides is 1. The van der Waals surface area contributed by atoms with Gasteiger partial charge in [0.2, 0.25) is 5.91 Å². The number of esters is 1. The van der Waals surface area contributed by atoms with E-state index in [0.29, 0.717) is 27.5 Å². The minimum absolute atomic E-state index is 0.0210. The molecule has 0 aliphatic carbocycles. The summed E-state index contributed by atoms with van der Waals surface area (Å²) in [5.74, 6) is -0.814. The Hall–Kier alpha value is -3.93. The highest BCUT2D eigenvalue weighted by molar-refractivity contribution is 7.99. The smallest absolute Gasteiger partial charge is 0.337 e. The second kappa shape index (κ2) is 11.0. The van der Waals surface area contributed by atoms with E-state index in [4.69, 9.17) is 11.6 Å². The van der Waals surface area contributed by atoms with Crippen LogP contribution in [0.4, 0.5) is 11.4 Å². The van der Waals surface area contributed by atoms with Crippen LogP contribution in [0.3, 0.4) is 0 Å². The number of nitrogens with one attached hydrogen (secondary N) is 1. The van der Waals surface area contributed by atoms with Crippen LogP contribution >= 0.6 is 23.4 Å². The summed E-state index contributed by atoms with van der Waals surface area (Å²) in [6, 6.07) is 20.5. The molecule has 0 bridgehead atoms. The Morgan fingerprint density at radius 3 is 2.51 bits per heavy atom. The Balaban J connectivity index is 1.37. The summed E-state index contributed by atoms with van der Waals surface area (Å²) < 4.78 is 33.3. The molecule has 12 heteroatoms. The number of fused-ring (bicyclic) bond motifs is 3. The van der Waals surface area contributed by atoms with Crippen molar-refractivity contribution in [1.29, 1.82) is 0 Å². The number of methoxy groups -OCH3 is 1. The van der Waals surface area contributed by atoms with Crippen molar-refractivity contribution >= 4 is 56.6 Å². The maximum Gasteiger partial charge on any atom is 0.337 e. The highest BCUT2D eigenvalue weighted by atomic mass is 35.5. The molecule has 3 aromatic carbocycles. The second-order valence-corrected chi connectivity index (χ2v) is 11.6. The van der Waals surface area contributed by atoms with Crippen LogP contribution in [-0.4, -0.2) is 43.1 Å². The van der Waals surface area contributed by atoms with Gasteiger partial charge in [-0.15, -0.1) is 0 Å². The largest absolute Gasteiger partial charge is 0.465 e. The van der Waals surface area contributed by atoms with E-state index in [1.807, 2.05) is 30.3 Å². The lowest BCUT2D eigenvalue weighted by Gasteiger charge is -2.31. The molecule has 1 N–H and O–H groups in total. The molecule has 1 amide bonds. The lowest BCUT2D eigenvalue weighted by Crippen LogP contribution is -2.34. The zero-order valence-corrected chi connectivity index (χ0v) is 22.9. The predicted molar refractivity (Wildman–Crippen MR) is 149 cm³/mol. The van der Waals surface area contributed by atoms with Gasteiger partial charge >= 0.3 is 5.97 Å². The van der Waals surface area contributed by atoms with E-state index in [0.717, 1.165) is 17.3 Å². The molecule has 2 heterocycles. The van der Waals surface area contributed by atoms with Gasteiger partial charge in [0.1, 0.15) is 4.90 Å². The Morgan fingerprint density at radius 1 is 1.05 bits per heavy atom. The van der Waals surface area contributed by atoms with E-state index in [-0.39, 0.29) is 34.0 Å². The molecule has 9 nitrogen and oxygen atoms in total. The number of benzene rings is 3. The minimum atomic E-state index is -3.96. The summed E-state index contributed by atoms with van der Waals surface area (Å²) in [5, 5.41) is 3.41. The molecule has 1 aliphatic rings. The minimum Gasteiger partial charge on any atom is -0.465 e. The van der Waals surface area contributed by atoms with Gasteiger partial charge in [-0.3, -0.25) is 9.10 Å². The molecule has 4 aromatic rings. The zero-order chi connectivity index (χ0) is 27.6. The highest BCUT2D eigenvalue weighted by Crippen LogP contribution is 2.44. The van der Waals surface area contributed by atoms with Crippen LogP contribution in [-0.2, 0) is 26.1 Å². The molecule has 198 valence electrons. The van der Waals surface area contributed by atoms with Gasteiger partial charge in [-0.25, -0.2) is 23.2 Å². The van der Waals surface area contributed by atoms with Crippen LogP contribution in [0, 0.1) is 0 Å². The monoisotopic (exact) mass is 580 g/mol. The normalized spacial score (nSPS) is 13.2. The number of carbonyl (C=O) groups excluding carboxylic acids is 2. The van der Waals surface area contributed by atoms with Gasteiger partial charge in [0, 0.05) is 16.3 Å². The average molecular weight is 581 g/mol. The van der Waals surface area contributed by atoms with Crippen molar-refractivity contribution in [2.45, 2.75) is 16.6 Å². The Bertz CT molecular complexity index is 1670. The second-order valence-electron chi connectivity index (χ2n) is 8.43. The first-order valence-corrected chi connectivity index (χ1v) is 14.4. The van der Waals surface area contributed by atoms with Crippen LogP contribution < -0.4 is 9.62 Å². The summed E-state index contributed by atoms with van der Waals surface area (Å²) in [6.07, 6.45) is 1.27. The number of nitrogens with zero attached hydrogens (tertiary/aromatic N) is 3. The SMILES string of the molecule is COC(=O)c1ccc(NC(=O)CSc2ncc3c(n2)-c2cc(Cl)ccc2N(Cc2ccccc2)S3(=O)=O)cc1. The van der Waals surface area contributed by atoms with Crippen molar-refractivity contribution in [2.75, 3.05) is 22.5 Å². The van der Waals surface area contributed by atoms with E-state index in [2.05, 4.69) is 20.0 Å². The first-order valence-electron chi connectivity index (χ1n) is 11.6. The number of aromatic nitrogens is 2. The zero-order valence-electron chi connectivity index (χ0n) is 20.5. The van der Waals surface area contributed by atoms with Crippen LogP contribution in [0.1, 0.15) is 15.9 Å². The van der Waals surface area contributed by atoms with Crippen molar-refractivity contribution in [1.82, 2.24) is 9.97 Å². The molecule has 0 radical (unpaired) electrons. The number of sulfonamides is 1. The van der Waals surface area contributed by atoms with Gasteiger partial charge in [-0.2, -0.15) is 0 Å². The summed E-state index contributed by atoms with van der Waals surface area (Å²) in [4.78, 5) is 32.8. The van der Waals surface area contributed by atoms with Crippen LogP contribution in [0.15, 0.2) is 89.0 Å². The highest BCUT2D eigenvalue weighted by Gasteiger charge is 2.37. The molecule has 5 rings (SSSR count). The lowest BCUT2D eigenvalue weighted by atomic mass is 10.1. The van der Waals surface area contributed by atoms with Crippen molar-refractivity contribution in [3.8, 4) is 11.3 Å². The predicted octanol–water partition coefficient (Wildman–Crippen LogP) is 5.02. The van der Waals surface area contributed by atoms with Crippen molar-refractivity contribution in [3.63, 3.8) is 0 Å². The first kappa shape index (κ1) is 26.7. The molecule has 0 spiro atoms. The number of carbonyl (C=O) groups is 2. The third-order valence-corrected chi connectivity index (χ3v) is 8.73. The van der Waals surface area contributed by atoms with Gasteiger partial charge in [0.25, 0.3) is 10.0 Å². The first-order chi connectivity index (χ1) is 18.8. The van der Waals surface area contributed by atoms with E-state index in [1.54, 1.807) is 42.5 Å². The lowest BCUT2D eigenvalue weighted by molar-refractivity contribution is -0.113. The number of rotatable bonds is 7. The third-order valence-electron chi connectivity index (χ3n) is 5.87. The van der Waals surface area contributed by atoms with E-state index in [1.165, 1.54) is 17.6 Å². The standard InChI is InChI=1S/C27H21ClN4O5S2/c1-37-26(34)18-7-10-20(11-8-18)30-24(33)16-38-27-29-14-23-25(31-27)21-13-19(28)9-12-22(21)32(39(23,35)36)15-17-5-3-2-4-6-17/h2-14H,15-16H2,1H3,(H,30,33). The molecular weight excluding hydrogens is 560 g/mol. The number of halogens is 1. The molecule has 39 heavy (non-hydrogen) atoms. The molecule has 1 aromatic heterocycles. The van der Waals surface area contributed by atoms with Gasteiger partial charge in [0.15, 0.2) is 5.16 Å². The van der Waals surface area contributed by atoms with Gasteiger partial charge in [-0.05, 0) is 48.0 Å². The molecule has 0 saturated carbocycles. The van der Waals surface area contributed by atoms with Crippen LogP contribution in [0.5, 0.6) is 0 Å². The van der Waals surface area contributed by atoms with Crippen molar-refractivity contribution < 1.29 is 22.7 Å². The van der Waals surface area contributed by atoms with E-state index < -0.39 is 16.0 Å². The van der Waals surface area contributed by atoms with Crippen molar-refractivity contribution in [3.05, 3.63) is 95.1 Å². The van der Waals surface area contributed by atoms with Gasteiger partial charge in [-0.1, -0.05) is 53.7 Å². The summed E-state index contributed by atoms with van der Waals surface area (Å²) in [7, 11) is -2.67. The quantitative estimate of drug-likeness (QED) is 0.184. The summed E-state index contributed by atoms with van der Waals surface area (Å²) in [5.41, 5.74) is 2.94. The maximum atomic E-state index is 13.6. The fourth-order valence-electron chi connectivity index (χ4n) is 4.02. The van der Waals surface area contributed by atoms with Crippen LogP contribution in [0.25, 0.3) is 11.3 Å². The summed E-state index contributed by atoms with van der Waals surface area (Å²) >= 11 is 7.35. The molecule has 0 atom stereocenters. The maximum absolute atomic E-state index is 13.6. The van der Waals surface area contributed by atoms with Crippen molar-refractivity contribution in [2.24, 2.45) is 0 Å².